The zero-order chi connectivity index (χ0) is 17.8. The average molecular weight is 340 g/mol. The Morgan fingerprint density at radius 1 is 1.24 bits per heavy atom. The van der Waals surface area contributed by atoms with Crippen molar-refractivity contribution in [3.63, 3.8) is 0 Å². The Hall–Kier alpha value is -2.69. The number of nitrogens with two attached hydrogens (primary N) is 1. The third-order valence-electron chi connectivity index (χ3n) is 4.51. The number of fused-ring (bicyclic) bond motifs is 1. The van der Waals surface area contributed by atoms with E-state index in [0.29, 0.717) is 23.7 Å². The fourth-order valence-corrected chi connectivity index (χ4v) is 3.31. The highest BCUT2D eigenvalue weighted by Crippen LogP contribution is 2.32. The van der Waals surface area contributed by atoms with Gasteiger partial charge in [-0.05, 0) is 67.6 Å². The van der Waals surface area contributed by atoms with E-state index < -0.39 is 0 Å². The minimum absolute atomic E-state index is 0.00872. The largest absolute Gasteiger partial charge is 0.493 e. The van der Waals surface area contributed by atoms with Gasteiger partial charge in [0.05, 0.1) is 19.8 Å². The van der Waals surface area contributed by atoms with Gasteiger partial charge in [0, 0.05) is 11.3 Å². The minimum Gasteiger partial charge on any atom is -0.493 e. The van der Waals surface area contributed by atoms with Crippen molar-refractivity contribution in [3.05, 3.63) is 53.1 Å². The van der Waals surface area contributed by atoms with Gasteiger partial charge in [0.15, 0.2) is 11.5 Å². The molecule has 0 bridgehead atoms. The Morgan fingerprint density at radius 2 is 2.08 bits per heavy atom. The molecule has 2 aromatic carbocycles. The first-order valence-electron chi connectivity index (χ1n) is 8.62. The molecule has 0 aromatic heterocycles. The number of benzene rings is 2. The number of hydrogen-bond donors (Lipinski definition) is 2. The molecule has 1 aliphatic carbocycles. The molecule has 1 unspecified atom stereocenters. The van der Waals surface area contributed by atoms with Crippen molar-refractivity contribution >= 4 is 11.6 Å². The van der Waals surface area contributed by atoms with E-state index in [0.717, 1.165) is 30.5 Å². The number of nitrogen functional groups attached to an aromatic ring is 1. The van der Waals surface area contributed by atoms with Crippen molar-refractivity contribution < 1.29 is 14.3 Å². The van der Waals surface area contributed by atoms with Crippen molar-refractivity contribution in [2.45, 2.75) is 32.2 Å². The summed E-state index contributed by atoms with van der Waals surface area (Å²) in [5.74, 6) is 1.09. The molecule has 0 saturated carbocycles. The maximum atomic E-state index is 12.7. The van der Waals surface area contributed by atoms with Crippen LogP contribution in [-0.4, -0.2) is 19.6 Å². The van der Waals surface area contributed by atoms with Crippen LogP contribution in [0, 0.1) is 0 Å². The molecule has 0 fully saturated rings. The molecule has 0 aliphatic heterocycles. The zero-order valence-electron chi connectivity index (χ0n) is 14.7. The molecule has 3 rings (SSSR count). The first-order chi connectivity index (χ1) is 12.1. The number of carbonyl (C=O) groups excluding carboxylic acids is 1. The van der Waals surface area contributed by atoms with Crippen molar-refractivity contribution in [1.29, 1.82) is 0 Å². The smallest absolute Gasteiger partial charge is 0.251 e. The van der Waals surface area contributed by atoms with Crippen LogP contribution in [0.4, 0.5) is 5.69 Å². The lowest BCUT2D eigenvalue weighted by atomic mass is 9.87. The lowest BCUT2D eigenvalue weighted by molar-refractivity contribution is 0.0932. The fourth-order valence-electron chi connectivity index (χ4n) is 3.31. The number of aryl methyl sites for hydroxylation is 1. The van der Waals surface area contributed by atoms with Gasteiger partial charge in [0.2, 0.25) is 0 Å². The van der Waals surface area contributed by atoms with E-state index in [9.17, 15) is 4.79 Å². The van der Waals surface area contributed by atoms with Gasteiger partial charge in [0.1, 0.15) is 0 Å². The number of nitrogens with one attached hydrogen (secondary N) is 1. The number of ether oxygens (including phenoxy) is 2. The molecule has 5 heteroatoms. The molecule has 1 aliphatic rings. The predicted molar refractivity (Wildman–Crippen MR) is 98.2 cm³/mol. The molecule has 0 heterocycles. The highest BCUT2D eigenvalue weighted by Gasteiger charge is 2.23. The quantitative estimate of drug-likeness (QED) is 0.817. The van der Waals surface area contributed by atoms with Crippen LogP contribution in [0.3, 0.4) is 0 Å². The van der Waals surface area contributed by atoms with E-state index in [1.807, 2.05) is 25.1 Å². The maximum absolute atomic E-state index is 12.7. The Labute approximate surface area is 148 Å². The summed E-state index contributed by atoms with van der Waals surface area (Å²) < 4.78 is 10.8. The van der Waals surface area contributed by atoms with Crippen molar-refractivity contribution in [3.8, 4) is 11.5 Å². The Morgan fingerprint density at radius 3 is 2.84 bits per heavy atom. The number of amides is 1. The van der Waals surface area contributed by atoms with E-state index >= 15 is 0 Å². The molecule has 2 aromatic rings. The third kappa shape index (κ3) is 3.71. The second kappa shape index (κ2) is 7.47. The van der Waals surface area contributed by atoms with Crippen molar-refractivity contribution in [1.82, 2.24) is 5.32 Å². The van der Waals surface area contributed by atoms with Gasteiger partial charge in [-0.1, -0.05) is 6.07 Å². The Bertz CT molecular complexity index is 774. The maximum Gasteiger partial charge on any atom is 0.251 e. The number of anilines is 1. The summed E-state index contributed by atoms with van der Waals surface area (Å²) in [6.45, 7) is 2.46. The van der Waals surface area contributed by atoms with Gasteiger partial charge in [-0.3, -0.25) is 4.79 Å². The molecule has 5 nitrogen and oxygen atoms in total. The first-order valence-corrected chi connectivity index (χ1v) is 8.62. The van der Waals surface area contributed by atoms with Crippen LogP contribution in [-0.2, 0) is 6.42 Å². The molecular weight excluding hydrogens is 316 g/mol. The van der Waals surface area contributed by atoms with Gasteiger partial charge in [-0.15, -0.1) is 0 Å². The van der Waals surface area contributed by atoms with Gasteiger partial charge < -0.3 is 20.5 Å². The SMILES string of the molecule is CCOc1ccc(C(=O)NC2CCCc3cc(N)ccc32)cc1OC. The summed E-state index contributed by atoms with van der Waals surface area (Å²) in [4.78, 5) is 12.7. The average Bonchev–Trinajstić information content (AvgIpc) is 2.62. The zero-order valence-corrected chi connectivity index (χ0v) is 14.7. The summed E-state index contributed by atoms with van der Waals surface area (Å²) in [6, 6.07) is 11.2. The summed E-state index contributed by atoms with van der Waals surface area (Å²) >= 11 is 0. The van der Waals surface area contributed by atoms with Crippen molar-refractivity contribution in [2.75, 3.05) is 19.5 Å². The van der Waals surface area contributed by atoms with Crippen LogP contribution in [0.1, 0.15) is 47.3 Å². The topological polar surface area (TPSA) is 73.6 Å². The third-order valence-corrected chi connectivity index (χ3v) is 4.51. The summed E-state index contributed by atoms with van der Waals surface area (Å²) in [5.41, 5.74) is 9.58. The van der Waals surface area contributed by atoms with Gasteiger partial charge in [0.25, 0.3) is 5.91 Å². The van der Waals surface area contributed by atoms with E-state index in [2.05, 4.69) is 5.32 Å². The molecule has 132 valence electrons. The van der Waals surface area contributed by atoms with E-state index in [-0.39, 0.29) is 11.9 Å². The van der Waals surface area contributed by atoms with Crippen LogP contribution in [0.2, 0.25) is 0 Å². The van der Waals surface area contributed by atoms with Gasteiger partial charge >= 0.3 is 0 Å². The standard InChI is InChI=1S/C20H24N2O3/c1-3-25-18-10-7-14(12-19(18)24-2)20(23)22-17-6-4-5-13-11-15(21)8-9-16(13)17/h7-12,17H,3-6,21H2,1-2H3,(H,22,23). The van der Waals surface area contributed by atoms with E-state index in [4.69, 9.17) is 15.2 Å². The summed E-state index contributed by atoms with van der Waals surface area (Å²) in [5, 5.41) is 3.14. The number of methoxy groups -OCH3 is 1. The normalized spacial score (nSPS) is 16.0. The second-order valence-corrected chi connectivity index (χ2v) is 6.18. The Kier molecular flexibility index (Phi) is 5.12. The van der Waals surface area contributed by atoms with Crippen LogP contribution < -0.4 is 20.5 Å². The Balaban J connectivity index is 1.79. The minimum atomic E-state index is -0.115. The summed E-state index contributed by atoms with van der Waals surface area (Å²) in [7, 11) is 1.57. The number of rotatable bonds is 5. The van der Waals surface area contributed by atoms with Crippen LogP contribution in [0.5, 0.6) is 11.5 Å². The van der Waals surface area contributed by atoms with Crippen LogP contribution in [0.15, 0.2) is 36.4 Å². The number of hydrogen-bond acceptors (Lipinski definition) is 4. The van der Waals surface area contributed by atoms with Gasteiger partial charge in [-0.2, -0.15) is 0 Å². The highest BCUT2D eigenvalue weighted by atomic mass is 16.5. The van der Waals surface area contributed by atoms with Crippen molar-refractivity contribution in [2.24, 2.45) is 0 Å². The highest BCUT2D eigenvalue weighted by molar-refractivity contribution is 5.95. The molecule has 0 spiro atoms. The first kappa shape index (κ1) is 17.1. The van der Waals surface area contributed by atoms with E-state index in [1.54, 1.807) is 25.3 Å². The molecule has 3 N–H and O–H groups in total. The lowest BCUT2D eigenvalue weighted by Crippen LogP contribution is -2.31. The molecule has 0 radical (unpaired) electrons. The lowest BCUT2D eigenvalue weighted by Gasteiger charge is -2.26. The van der Waals surface area contributed by atoms with Crippen LogP contribution in [0.25, 0.3) is 0 Å². The van der Waals surface area contributed by atoms with E-state index in [1.165, 1.54) is 5.56 Å². The molecular formula is C20H24N2O3. The molecule has 0 saturated heterocycles. The van der Waals surface area contributed by atoms with Crippen LogP contribution >= 0.6 is 0 Å². The summed E-state index contributed by atoms with van der Waals surface area (Å²) in [6.07, 6.45) is 2.97. The fraction of sp³-hybridized carbons (Fsp3) is 0.350. The monoisotopic (exact) mass is 340 g/mol. The number of carbonyl (C=O) groups is 1. The van der Waals surface area contributed by atoms with Gasteiger partial charge in [-0.25, -0.2) is 0 Å². The second-order valence-electron chi connectivity index (χ2n) is 6.18. The predicted octanol–water partition coefficient (Wildman–Crippen LogP) is 3.48. The molecule has 25 heavy (non-hydrogen) atoms. The molecule has 1 amide bonds. The molecule has 1 atom stereocenters.